The number of methoxy groups -OCH3 is 2. The summed E-state index contributed by atoms with van der Waals surface area (Å²) in [5.74, 6) is 3.54. The van der Waals surface area contributed by atoms with Gasteiger partial charge in [-0.15, -0.1) is 0 Å². The molecule has 0 atom stereocenters. The summed E-state index contributed by atoms with van der Waals surface area (Å²) in [5.41, 5.74) is 2.52. The molecule has 0 aliphatic carbocycles. The molecule has 7 nitrogen and oxygen atoms in total. The molecule has 31 heavy (non-hydrogen) atoms. The lowest BCUT2D eigenvalue weighted by atomic mass is 10.0. The highest BCUT2D eigenvalue weighted by atomic mass is 16.5. The number of rotatable bonds is 4. The number of piperidine rings is 1. The molecule has 2 aromatic carbocycles. The summed E-state index contributed by atoms with van der Waals surface area (Å²) in [6.07, 6.45) is 4.15. The van der Waals surface area contributed by atoms with Crippen LogP contribution in [0.4, 0.5) is 5.82 Å². The summed E-state index contributed by atoms with van der Waals surface area (Å²) in [6, 6.07) is 11.2. The fourth-order valence-corrected chi connectivity index (χ4v) is 4.31. The van der Waals surface area contributed by atoms with Crippen molar-refractivity contribution < 1.29 is 19.3 Å². The third kappa shape index (κ3) is 3.40. The Kier molecular flexibility index (Phi) is 5.02. The second kappa shape index (κ2) is 7.98. The Labute approximate surface area is 181 Å². The molecule has 0 unspecified atom stereocenters. The minimum atomic E-state index is 0.0170. The molecule has 0 spiro atoms. The van der Waals surface area contributed by atoms with Gasteiger partial charge in [0.25, 0.3) is 0 Å². The number of benzene rings is 2. The van der Waals surface area contributed by atoms with Gasteiger partial charge in [-0.05, 0) is 37.5 Å². The maximum Gasteiger partial charge on any atom is 0.228 e. The third-order valence-electron chi connectivity index (χ3n) is 5.91. The van der Waals surface area contributed by atoms with Crippen LogP contribution in [-0.2, 0) is 6.42 Å². The van der Waals surface area contributed by atoms with Crippen LogP contribution in [0.15, 0.2) is 36.4 Å². The first-order valence-electron chi connectivity index (χ1n) is 10.6. The van der Waals surface area contributed by atoms with Gasteiger partial charge >= 0.3 is 0 Å². The first kappa shape index (κ1) is 19.5. The van der Waals surface area contributed by atoms with Gasteiger partial charge in [-0.2, -0.15) is 4.98 Å². The lowest BCUT2D eigenvalue weighted by Crippen LogP contribution is -2.32. The molecule has 2 aliphatic rings. The molecule has 1 fully saturated rings. The molecule has 5 rings (SSSR count). The second-order valence-electron chi connectivity index (χ2n) is 7.79. The van der Waals surface area contributed by atoms with Crippen LogP contribution >= 0.6 is 0 Å². The van der Waals surface area contributed by atoms with Gasteiger partial charge in [-0.1, -0.05) is 18.2 Å². The molecule has 1 saturated heterocycles. The average molecular weight is 419 g/mol. The molecular weight excluding hydrogens is 394 g/mol. The van der Waals surface area contributed by atoms with E-state index in [2.05, 4.69) is 4.90 Å². The Morgan fingerprint density at radius 2 is 1.68 bits per heavy atom. The van der Waals surface area contributed by atoms with Crippen LogP contribution in [0.5, 0.6) is 28.9 Å². The van der Waals surface area contributed by atoms with Crippen molar-refractivity contribution in [1.82, 2.24) is 9.97 Å². The van der Waals surface area contributed by atoms with Gasteiger partial charge in [0.05, 0.1) is 25.3 Å². The van der Waals surface area contributed by atoms with E-state index in [4.69, 9.17) is 24.2 Å². The zero-order valence-corrected chi connectivity index (χ0v) is 17.7. The van der Waals surface area contributed by atoms with E-state index in [0.717, 1.165) is 42.9 Å². The van der Waals surface area contributed by atoms with Gasteiger partial charge in [0.2, 0.25) is 5.88 Å². The molecule has 0 bridgehead atoms. The summed E-state index contributed by atoms with van der Waals surface area (Å²) < 4.78 is 17.1. The molecule has 160 valence electrons. The smallest absolute Gasteiger partial charge is 0.228 e. The van der Waals surface area contributed by atoms with E-state index in [9.17, 15) is 5.11 Å². The van der Waals surface area contributed by atoms with Gasteiger partial charge in [-0.25, -0.2) is 4.98 Å². The minimum absolute atomic E-state index is 0.0170. The largest absolute Gasteiger partial charge is 0.504 e. The van der Waals surface area contributed by atoms with Gasteiger partial charge in [0, 0.05) is 25.1 Å². The van der Waals surface area contributed by atoms with Crippen molar-refractivity contribution in [1.29, 1.82) is 0 Å². The molecule has 7 heteroatoms. The van der Waals surface area contributed by atoms with E-state index in [1.165, 1.54) is 13.5 Å². The zero-order valence-electron chi connectivity index (χ0n) is 17.7. The van der Waals surface area contributed by atoms with E-state index >= 15 is 0 Å². The number of aromatic nitrogens is 2. The minimum Gasteiger partial charge on any atom is -0.504 e. The number of para-hydroxylation sites is 2. The molecule has 3 aromatic rings. The summed E-state index contributed by atoms with van der Waals surface area (Å²) in [7, 11) is 3.16. The van der Waals surface area contributed by atoms with Gasteiger partial charge < -0.3 is 24.2 Å². The molecular formula is C24H25N3O4. The van der Waals surface area contributed by atoms with Gasteiger partial charge in [0.15, 0.2) is 28.8 Å². The van der Waals surface area contributed by atoms with Crippen molar-refractivity contribution in [2.24, 2.45) is 0 Å². The van der Waals surface area contributed by atoms with E-state index < -0.39 is 0 Å². The topological polar surface area (TPSA) is 76.9 Å². The van der Waals surface area contributed by atoms with Crippen LogP contribution in [0.1, 0.15) is 30.4 Å². The van der Waals surface area contributed by atoms with Crippen LogP contribution in [-0.4, -0.2) is 42.4 Å². The number of hydrogen-bond donors (Lipinski definition) is 1. The fourth-order valence-electron chi connectivity index (χ4n) is 4.31. The van der Waals surface area contributed by atoms with Crippen LogP contribution in [0.2, 0.25) is 0 Å². The molecule has 0 saturated carbocycles. The molecule has 0 amide bonds. The number of ether oxygens (including phenoxy) is 3. The van der Waals surface area contributed by atoms with E-state index in [1.807, 2.05) is 24.3 Å². The summed E-state index contributed by atoms with van der Waals surface area (Å²) in [6.45, 7) is 1.88. The van der Waals surface area contributed by atoms with Crippen LogP contribution in [0.3, 0.4) is 0 Å². The van der Waals surface area contributed by atoms with E-state index in [-0.39, 0.29) is 5.75 Å². The predicted molar refractivity (Wildman–Crippen MR) is 118 cm³/mol. The number of fused-ring (bicyclic) bond motifs is 2. The van der Waals surface area contributed by atoms with Crippen molar-refractivity contribution in [3.05, 3.63) is 47.5 Å². The third-order valence-corrected chi connectivity index (χ3v) is 5.91. The number of anilines is 1. The molecule has 1 aromatic heterocycles. The van der Waals surface area contributed by atoms with Gasteiger partial charge in [0.1, 0.15) is 5.82 Å². The quantitative estimate of drug-likeness (QED) is 0.520. The average Bonchev–Trinajstić information content (AvgIpc) is 2.82. The Hall–Kier alpha value is -3.48. The standard InChI is InChI=1S/C24H25N3O4/c1-29-18-10-7-9-16(20(18)28)22-25-23(27-12-4-3-5-13-27)17-14-15-8-6-11-19(30-2)21(15)31-24(17)26-22/h6-11,28H,3-5,12-14H2,1-2H3. The maximum atomic E-state index is 10.7. The van der Waals surface area contributed by atoms with Crippen molar-refractivity contribution in [3.63, 3.8) is 0 Å². The Bertz CT molecular complexity index is 1130. The maximum absolute atomic E-state index is 10.7. The molecule has 1 N–H and O–H groups in total. The number of phenolic OH excluding ortho intramolecular Hbond substituents is 1. The normalized spacial score (nSPS) is 15.0. The summed E-state index contributed by atoms with van der Waals surface area (Å²) >= 11 is 0. The number of phenols is 1. The zero-order chi connectivity index (χ0) is 21.4. The number of nitrogens with zero attached hydrogens (tertiary/aromatic N) is 3. The Morgan fingerprint density at radius 3 is 2.45 bits per heavy atom. The Morgan fingerprint density at radius 1 is 0.935 bits per heavy atom. The van der Waals surface area contributed by atoms with Crippen molar-refractivity contribution in [2.45, 2.75) is 25.7 Å². The lowest BCUT2D eigenvalue weighted by molar-refractivity contribution is 0.365. The SMILES string of the molecule is COc1cccc(-c2nc3c(c(N4CCCCC4)n2)Cc2cccc(OC)c2O3)c1O. The molecule has 3 heterocycles. The number of hydrogen-bond acceptors (Lipinski definition) is 7. The van der Waals surface area contributed by atoms with Crippen LogP contribution < -0.4 is 19.1 Å². The fraction of sp³-hybridized carbons (Fsp3) is 0.333. The summed E-state index contributed by atoms with van der Waals surface area (Å²) in [5, 5.41) is 10.7. The monoisotopic (exact) mass is 419 g/mol. The number of aromatic hydroxyl groups is 1. The van der Waals surface area contributed by atoms with Crippen LogP contribution in [0, 0.1) is 0 Å². The second-order valence-corrected chi connectivity index (χ2v) is 7.79. The van der Waals surface area contributed by atoms with Crippen molar-refractivity contribution in [3.8, 4) is 40.3 Å². The first-order chi connectivity index (χ1) is 15.2. The van der Waals surface area contributed by atoms with Gasteiger partial charge in [-0.3, -0.25) is 0 Å². The summed E-state index contributed by atoms with van der Waals surface area (Å²) in [4.78, 5) is 11.9. The Balaban J connectivity index is 1.67. The van der Waals surface area contributed by atoms with Crippen LogP contribution in [0.25, 0.3) is 11.4 Å². The lowest BCUT2D eigenvalue weighted by Gasteiger charge is -2.32. The highest BCUT2D eigenvalue weighted by Crippen LogP contribution is 2.46. The van der Waals surface area contributed by atoms with E-state index in [1.54, 1.807) is 19.2 Å². The highest BCUT2D eigenvalue weighted by Gasteiger charge is 2.29. The molecule has 2 aliphatic heterocycles. The first-order valence-corrected chi connectivity index (χ1v) is 10.6. The highest BCUT2D eigenvalue weighted by molar-refractivity contribution is 5.72. The van der Waals surface area contributed by atoms with Crippen molar-refractivity contribution >= 4 is 5.82 Å². The van der Waals surface area contributed by atoms with E-state index in [0.29, 0.717) is 40.9 Å². The predicted octanol–water partition coefficient (Wildman–Crippen LogP) is 4.55. The van der Waals surface area contributed by atoms with Crippen molar-refractivity contribution in [2.75, 3.05) is 32.2 Å². The molecule has 0 radical (unpaired) electrons.